The van der Waals surface area contributed by atoms with Gasteiger partial charge in [0.25, 0.3) is 11.1 Å². The maximum absolute atomic E-state index is 12.9. The number of nitrogens with zero attached hydrogens (tertiary/aromatic N) is 1. The Labute approximate surface area is 180 Å². The monoisotopic (exact) mass is 469 g/mol. The van der Waals surface area contributed by atoms with Gasteiger partial charge in [-0.25, -0.2) is 4.90 Å². The quantitative estimate of drug-likeness (QED) is 0.407. The fourth-order valence-electron chi connectivity index (χ4n) is 2.92. The summed E-state index contributed by atoms with van der Waals surface area (Å²) in [5, 5.41) is -0.368. The van der Waals surface area contributed by atoms with Gasteiger partial charge in [-0.3, -0.25) is 9.59 Å². The summed E-state index contributed by atoms with van der Waals surface area (Å²) in [4.78, 5) is 26.9. The van der Waals surface area contributed by atoms with Gasteiger partial charge in [-0.2, -0.15) is 0 Å². The summed E-state index contributed by atoms with van der Waals surface area (Å²) in [5.41, 5.74) is 1.36. The van der Waals surface area contributed by atoms with Crippen LogP contribution >= 0.6 is 27.7 Å². The smallest absolute Gasteiger partial charge is 0.298 e. The van der Waals surface area contributed by atoms with Crippen LogP contribution in [0.4, 0.5) is 10.5 Å². The highest BCUT2D eigenvalue weighted by Gasteiger charge is 2.38. The van der Waals surface area contributed by atoms with Crippen LogP contribution in [0.5, 0.6) is 5.75 Å². The average Bonchev–Trinajstić information content (AvgIpc) is 3.28. The Bertz CT molecular complexity index is 1100. The minimum Gasteiger partial charge on any atom is -0.492 e. The van der Waals surface area contributed by atoms with E-state index < -0.39 is 5.91 Å². The van der Waals surface area contributed by atoms with Crippen molar-refractivity contribution in [2.24, 2.45) is 0 Å². The van der Waals surface area contributed by atoms with E-state index in [0.717, 1.165) is 26.7 Å². The second-order valence-electron chi connectivity index (χ2n) is 6.13. The van der Waals surface area contributed by atoms with Crippen LogP contribution in [-0.2, 0) is 4.79 Å². The first kappa shape index (κ1) is 19.5. The van der Waals surface area contributed by atoms with Gasteiger partial charge in [-0.05, 0) is 55.1 Å². The number of ether oxygens (including phenoxy) is 1. The molecule has 2 heterocycles. The van der Waals surface area contributed by atoms with E-state index in [1.54, 1.807) is 36.4 Å². The third-order valence-electron chi connectivity index (χ3n) is 4.23. The van der Waals surface area contributed by atoms with Crippen molar-refractivity contribution in [1.82, 2.24) is 0 Å². The molecule has 146 valence electrons. The molecular weight excluding hydrogens is 454 g/mol. The fourth-order valence-corrected chi connectivity index (χ4v) is 4.00. The van der Waals surface area contributed by atoms with Crippen molar-refractivity contribution >= 4 is 50.6 Å². The Hall–Kier alpha value is -2.77. The maximum Gasteiger partial charge on any atom is 0.298 e. The molecule has 0 bridgehead atoms. The predicted octanol–water partition coefficient (Wildman–Crippen LogP) is 6.35. The van der Waals surface area contributed by atoms with Crippen LogP contribution in [0.1, 0.15) is 12.7 Å². The highest BCUT2D eigenvalue weighted by Crippen LogP contribution is 2.40. The van der Waals surface area contributed by atoms with Gasteiger partial charge in [0.1, 0.15) is 17.3 Å². The predicted molar refractivity (Wildman–Crippen MR) is 118 cm³/mol. The number of hydrogen-bond donors (Lipinski definition) is 0. The Balaban J connectivity index is 1.61. The van der Waals surface area contributed by atoms with Crippen LogP contribution in [0.15, 0.2) is 74.5 Å². The van der Waals surface area contributed by atoms with Gasteiger partial charge in [-0.15, -0.1) is 0 Å². The molecule has 0 atom stereocenters. The second kappa shape index (κ2) is 8.31. The molecule has 3 aromatic rings. The molecule has 0 N–H and O–H groups in total. The summed E-state index contributed by atoms with van der Waals surface area (Å²) < 4.78 is 12.4. The molecule has 0 aliphatic carbocycles. The molecule has 1 aliphatic heterocycles. The molecule has 7 heteroatoms. The van der Waals surface area contributed by atoms with E-state index >= 15 is 0 Å². The number of benzene rings is 2. The SMILES string of the molecule is CCOc1ccccc1N1C(=O)S/C(=C/c2ccc(-c3ccc(Br)cc3)o2)C1=O. The lowest BCUT2D eigenvalue weighted by molar-refractivity contribution is -0.113. The van der Waals surface area contributed by atoms with Crippen molar-refractivity contribution < 1.29 is 18.7 Å². The second-order valence-corrected chi connectivity index (χ2v) is 8.04. The first-order chi connectivity index (χ1) is 14.1. The standard InChI is InChI=1S/C22H16BrNO4S/c1-2-27-19-6-4-3-5-17(19)24-21(25)20(29-22(24)26)13-16-11-12-18(28-16)14-7-9-15(23)10-8-14/h3-13H,2H2,1H3/b20-13+. The Morgan fingerprint density at radius 1 is 1.07 bits per heavy atom. The number of halogens is 1. The molecule has 1 fully saturated rings. The Kier molecular flexibility index (Phi) is 5.60. The van der Waals surface area contributed by atoms with Crippen LogP contribution < -0.4 is 9.64 Å². The minimum atomic E-state index is -0.395. The zero-order valence-corrected chi connectivity index (χ0v) is 17.8. The van der Waals surface area contributed by atoms with Crippen LogP contribution in [0.2, 0.25) is 0 Å². The lowest BCUT2D eigenvalue weighted by Gasteiger charge is -2.16. The zero-order chi connectivity index (χ0) is 20.4. The molecule has 2 aromatic carbocycles. The molecular formula is C22H16BrNO4S. The summed E-state index contributed by atoms with van der Waals surface area (Å²) in [6, 6.07) is 18.3. The summed E-state index contributed by atoms with van der Waals surface area (Å²) in [6.45, 7) is 2.29. The third-order valence-corrected chi connectivity index (χ3v) is 5.63. The van der Waals surface area contributed by atoms with Gasteiger partial charge in [0.05, 0.1) is 17.2 Å². The molecule has 0 spiro atoms. The van der Waals surface area contributed by atoms with Crippen molar-refractivity contribution in [2.75, 3.05) is 11.5 Å². The number of thioether (sulfide) groups is 1. The van der Waals surface area contributed by atoms with Crippen LogP contribution in [0.3, 0.4) is 0 Å². The first-order valence-electron chi connectivity index (χ1n) is 8.92. The van der Waals surface area contributed by atoms with Gasteiger partial charge in [0.2, 0.25) is 0 Å². The molecule has 1 aliphatic rings. The van der Waals surface area contributed by atoms with Gasteiger partial charge >= 0.3 is 0 Å². The van der Waals surface area contributed by atoms with Gasteiger partial charge < -0.3 is 9.15 Å². The lowest BCUT2D eigenvalue weighted by atomic mass is 10.2. The Morgan fingerprint density at radius 3 is 2.59 bits per heavy atom. The maximum atomic E-state index is 12.9. The van der Waals surface area contributed by atoms with E-state index in [1.165, 1.54) is 0 Å². The molecule has 1 aromatic heterocycles. The van der Waals surface area contributed by atoms with Crippen molar-refractivity contribution in [1.29, 1.82) is 0 Å². The largest absolute Gasteiger partial charge is 0.492 e. The number of anilines is 1. The van der Waals surface area contributed by atoms with Crippen LogP contribution in [0, 0.1) is 0 Å². The van der Waals surface area contributed by atoms with Crippen molar-refractivity contribution in [3.8, 4) is 17.1 Å². The molecule has 0 saturated carbocycles. The molecule has 1 saturated heterocycles. The highest BCUT2D eigenvalue weighted by atomic mass is 79.9. The number of carbonyl (C=O) groups excluding carboxylic acids is 2. The molecule has 0 radical (unpaired) electrons. The summed E-state index contributed by atoms with van der Waals surface area (Å²) >= 11 is 4.29. The first-order valence-corrected chi connectivity index (χ1v) is 10.5. The summed E-state index contributed by atoms with van der Waals surface area (Å²) in [6.07, 6.45) is 1.59. The van der Waals surface area contributed by atoms with E-state index in [1.807, 2.05) is 37.3 Å². The number of furan rings is 1. The summed E-state index contributed by atoms with van der Waals surface area (Å²) in [5.74, 6) is 1.29. The minimum absolute atomic E-state index is 0.304. The number of hydrogen-bond acceptors (Lipinski definition) is 5. The van der Waals surface area contributed by atoms with E-state index in [2.05, 4.69) is 15.9 Å². The Morgan fingerprint density at radius 2 is 1.83 bits per heavy atom. The number of para-hydroxylation sites is 2. The van der Waals surface area contributed by atoms with Gasteiger partial charge in [0.15, 0.2) is 0 Å². The normalized spacial score (nSPS) is 15.4. The van der Waals surface area contributed by atoms with Gasteiger partial charge in [-0.1, -0.05) is 40.2 Å². The van der Waals surface area contributed by atoms with Crippen LogP contribution in [-0.4, -0.2) is 17.8 Å². The third kappa shape index (κ3) is 4.02. The summed E-state index contributed by atoms with van der Waals surface area (Å²) in [7, 11) is 0. The molecule has 2 amide bonds. The lowest BCUT2D eigenvalue weighted by Crippen LogP contribution is -2.28. The zero-order valence-electron chi connectivity index (χ0n) is 15.4. The van der Waals surface area contributed by atoms with Crippen molar-refractivity contribution in [2.45, 2.75) is 6.92 Å². The topological polar surface area (TPSA) is 59.8 Å². The fraction of sp³-hybridized carbons (Fsp3) is 0.0909. The van der Waals surface area contributed by atoms with Gasteiger partial charge in [0, 0.05) is 16.1 Å². The molecule has 0 unspecified atom stereocenters. The highest BCUT2D eigenvalue weighted by molar-refractivity contribution is 9.10. The average molecular weight is 470 g/mol. The van der Waals surface area contributed by atoms with Crippen molar-refractivity contribution in [3.63, 3.8) is 0 Å². The number of imide groups is 1. The van der Waals surface area contributed by atoms with E-state index in [9.17, 15) is 9.59 Å². The van der Waals surface area contributed by atoms with Crippen LogP contribution in [0.25, 0.3) is 17.4 Å². The molecule has 4 rings (SSSR count). The molecule has 29 heavy (non-hydrogen) atoms. The number of carbonyl (C=O) groups is 2. The van der Waals surface area contributed by atoms with E-state index in [-0.39, 0.29) is 5.24 Å². The molecule has 5 nitrogen and oxygen atoms in total. The van der Waals surface area contributed by atoms with E-state index in [0.29, 0.717) is 34.5 Å². The van der Waals surface area contributed by atoms with Crippen molar-refractivity contribution in [3.05, 3.63) is 75.8 Å². The van der Waals surface area contributed by atoms with E-state index in [4.69, 9.17) is 9.15 Å². The number of rotatable bonds is 5. The number of amides is 2.